The van der Waals surface area contributed by atoms with E-state index < -0.39 is 16.8 Å². The standard InChI is InChI=1S/C14H16FN3O3/c1-2-4-9(19)8-17-14-11(15)7-12(18(20)21)10-5-3-6-16-13(10)14/h3,5-7,9,17,19H,2,4,8H2,1H3. The summed E-state index contributed by atoms with van der Waals surface area (Å²) in [5, 5.41) is 23.7. The van der Waals surface area contributed by atoms with Crippen LogP contribution in [0.3, 0.4) is 0 Å². The molecule has 0 aliphatic rings. The van der Waals surface area contributed by atoms with Crippen LogP contribution in [0.1, 0.15) is 19.8 Å². The Labute approximate surface area is 120 Å². The fourth-order valence-corrected chi connectivity index (χ4v) is 2.17. The molecule has 0 aliphatic heterocycles. The number of nitro benzene ring substituents is 1. The van der Waals surface area contributed by atoms with E-state index in [1.165, 1.54) is 12.3 Å². The molecule has 0 fully saturated rings. The Kier molecular flexibility index (Phi) is 4.64. The fraction of sp³-hybridized carbons (Fsp3) is 0.357. The minimum Gasteiger partial charge on any atom is -0.391 e. The van der Waals surface area contributed by atoms with Crippen molar-refractivity contribution < 1.29 is 14.4 Å². The average Bonchev–Trinajstić information content (AvgIpc) is 2.45. The van der Waals surface area contributed by atoms with Gasteiger partial charge in [-0.1, -0.05) is 13.3 Å². The molecule has 0 bridgehead atoms. The molecule has 1 atom stereocenters. The van der Waals surface area contributed by atoms with Gasteiger partial charge in [-0.05, 0) is 18.6 Å². The lowest BCUT2D eigenvalue weighted by atomic mass is 10.1. The van der Waals surface area contributed by atoms with Crippen LogP contribution in [0, 0.1) is 15.9 Å². The molecule has 0 saturated carbocycles. The van der Waals surface area contributed by atoms with E-state index in [4.69, 9.17) is 0 Å². The van der Waals surface area contributed by atoms with Crippen LogP contribution in [0.15, 0.2) is 24.4 Å². The first-order chi connectivity index (χ1) is 10.0. The van der Waals surface area contributed by atoms with Gasteiger partial charge in [0.2, 0.25) is 0 Å². The normalized spacial score (nSPS) is 12.3. The van der Waals surface area contributed by atoms with E-state index in [0.29, 0.717) is 6.42 Å². The molecular weight excluding hydrogens is 277 g/mol. The molecule has 1 heterocycles. The zero-order valence-electron chi connectivity index (χ0n) is 11.5. The molecule has 1 unspecified atom stereocenters. The molecule has 6 nitrogen and oxygen atoms in total. The maximum absolute atomic E-state index is 14.1. The summed E-state index contributed by atoms with van der Waals surface area (Å²) < 4.78 is 14.1. The van der Waals surface area contributed by atoms with Gasteiger partial charge in [-0.15, -0.1) is 0 Å². The lowest BCUT2D eigenvalue weighted by Gasteiger charge is -2.14. The van der Waals surface area contributed by atoms with Crippen molar-refractivity contribution in [3.63, 3.8) is 0 Å². The van der Waals surface area contributed by atoms with Crippen LogP contribution in [0.25, 0.3) is 10.9 Å². The Morgan fingerprint density at radius 3 is 3.00 bits per heavy atom. The van der Waals surface area contributed by atoms with Crippen molar-refractivity contribution in [1.82, 2.24) is 4.98 Å². The largest absolute Gasteiger partial charge is 0.391 e. The zero-order chi connectivity index (χ0) is 15.4. The Morgan fingerprint density at radius 2 is 2.33 bits per heavy atom. The van der Waals surface area contributed by atoms with E-state index in [1.54, 1.807) is 6.07 Å². The van der Waals surface area contributed by atoms with Gasteiger partial charge in [-0.25, -0.2) is 4.39 Å². The topological polar surface area (TPSA) is 88.3 Å². The molecular formula is C14H16FN3O3. The van der Waals surface area contributed by atoms with E-state index >= 15 is 0 Å². The SMILES string of the molecule is CCCC(O)CNc1c(F)cc([N+](=O)[O-])c2cccnc12. The van der Waals surface area contributed by atoms with Gasteiger partial charge >= 0.3 is 0 Å². The number of aliphatic hydroxyl groups is 1. The van der Waals surface area contributed by atoms with E-state index in [1.807, 2.05) is 6.92 Å². The third-order valence-electron chi connectivity index (χ3n) is 3.16. The number of hydrogen-bond donors (Lipinski definition) is 2. The summed E-state index contributed by atoms with van der Waals surface area (Å²) in [7, 11) is 0. The second-order valence-corrected chi connectivity index (χ2v) is 4.73. The van der Waals surface area contributed by atoms with E-state index in [-0.39, 0.29) is 28.8 Å². The maximum atomic E-state index is 14.1. The summed E-state index contributed by atoms with van der Waals surface area (Å²) in [5.74, 6) is -0.753. The van der Waals surface area contributed by atoms with Gasteiger partial charge in [0.25, 0.3) is 5.69 Å². The summed E-state index contributed by atoms with van der Waals surface area (Å²) in [6.45, 7) is 2.10. The summed E-state index contributed by atoms with van der Waals surface area (Å²) >= 11 is 0. The number of hydrogen-bond acceptors (Lipinski definition) is 5. The molecule has 1 aromatic carbocycles. The lowest BCUT2D eigenvalue weighted by Crippen LogP contribution is -2.20. The Hall–Kier alpha value is -2.28. The fourth-order valence-electron chi connectivity index (χ4n) is 2.17. The molecule has 0 radical (unpaired) electrons. The number of pyridine rings is 1. The van der Waals surface area contributed by atoms with Crippen LogP contribution in [-0.2, 0) is 0 Å². The van der Waals surface area contributed by atoms with Crippen LogP contribution in [-0.4, -0.2) is 27.7 Å². The van der Waals surface area contributed by atoms with Crippen molar-refractivity contribution in [3.05, 3.63) is 40.3 Å². The van der Waals surface area contributed by atoms with Crippen LogP contribution in [0.4, 0.5) is 15.8 Å². The highest BCUT2D eigenvalue weighted by Gasteiger charge is 2.20. The lowest BCUT2D eigenvalue weighted by molar-refractivity contribution is -0.383. The first-order valence-corrected chi connectivity index (χ1v) is 6.68. The number of halogens is 1. The number of fused-ring (bicyclic) bond motifs is 1. The third-order valence-corrected chi connectivity index (χ3v) is 3.16. The van der Waals surface area contributed by atoms with Crippen molar-refractivity contribution in [1.29, 1.82) is 0 Å². The number of anilines is 1. The Bertz CT molecular complexity index is 663. The smallest absolute Gasteiger partial charge is 0.281 e. The van der Waals surface area contributed by atoms with Crippen LogP contribution >= 0.6 is 0 Å². The number of aromatic nitrogens is 1. The molecule has 0 spiro atoms. The van der Waals surface area contributed by atoms with Crippen molar-refractivity contribution in [3.8, 4) is 0 Å². The van der Waals surface area contributed by atoms with Crippen LogP contribution in [0.5, 0.6) is 0 Å². The first-order valence-electron chi connectivity index (χ1n) is 6.68. The molecule has 112 valence electrons. The molecule has 0 aliphatic carbocycles. The Morgan fingerprint density at radius 1 is 1.57 bits per heavy atom. The van der Waals surface area contributed by atoms with E-state index in [9.17, 15) is 19.6 Å². The molecule has 0 saturated heterocycles. The van der Waals surface area contributed by atoms with Gasteiger partial charge in [-0.2, -0.15) is 0 Å². The van der Waals surface area contributed by atoms with Gasteiger partial charge in [0, 0.05) is 12.7 Å². The van der Waals surface area contributed by atoms with Gasteiger partial charge in [0.15, 0.2) is 5.82 Å². The highest BCUT2D eigenvalue weighted by molar-refractivity contribution is 5.97. The van der Waals surface area contributed by atoms with Gasteiger partial charge in [-0.3, -0.25) is 15.1 Å². The van der Waals surface area contributed by atoms with Crippen LogP contribution < -0.4 is 5.32 Å². The zero-order valence-corrected chi connectivity index (χ0v) is 11.5. The van der Waals surface area contributed by atoms with Crippen LogP contribution in [0.2, 0.25) is 0 Å². The number of rotatable bonds is 6. The summed E-state index contributed by atoms with van der Waals surface area (Å²) in [4.78, 5) is 14.4. The van der Waals surface area contributed by atoms with Gasteiger partial charge in [0.1, 0.15) is 5.52 Å². The predicted octanol–water partition coefficient (Wildman–Crippen LogP) is 2.86. The minimum atomic E-state index is -0.753. The van der Waals surface area contributed by atoms with E-state index in [2.05, 4.69) is 10.3 Å². The number of aliphatic hydroxyl groups excluding tert-OH is 1. The van der Waals surface area contributed by atoms with Crippen molar-refractivity contribution in [2.75, 3.05) is 11.9 Å². The summed E-state index contributed by atoms with van der Waals surface area (Å²) in [5.41, 5.74) is -0.0606. The minimum absolute atomic E-state index is 0.0753. The average molecular weight is 293 g/mol. The van der Waals surface area contributed by atoms with Gasteiger partial charge in [0.05, 0.1) is 28.2 Å². The number of non-ortho nitro benzene ring substituents is 1. The number of nitro groups is 1. The quantitative estimate of drug-likeness (QED) is 0.631. The molecule has 0 amide bonds. The second kappa shape index (κ2) is 6.45. The van der Waals surface area contributed by atoms with Crippen molar-refractivity contribution in [2.24, 2.45) is 0 Å². The molecule has 2 N–H and O–H groups in total. The van der Waals surface area contributed by atoms with E-state index in [0.717, 1.165) is 12.5 Å². The van der Waals surface area contributed by atoms with Crippen molar-refractivity contribution in [2.45, 2.75) is 25.9 Å². The number of benzene rings is 1. The monoisotopic (exact) mass is 293 g/mol. The first kappa shape index (κ1) is 15.1. The summed E-state index contributed by atoms with van der Waals surface area (Å²) in [6.07, 6.45) is 2.24. The van der Waals surface area contributed by atoms with Gasteiger partial charge < -0.3 is 10.4 Å². The predicted molar refractivity (Wildman–Crippen MR) is 77.8 cm³/mol. The number of nitrogens with one attached hydrogen (secondary N) is 1. The van der Waals surface area contributed by atoms with Crippen molar-refractivity contribution >= 4 is 22.3 Å². The highest BCUT2D eigenvalue weighted by Crippen LogP contribution is 2.32. The maximum Gasteiger partial charge on any atom is 0.281 e. The molecule has 2 aromatic rings. The molecule has 21 heavy (non-hydrogen) atoms. The highest BCUT2D eigenvalue weighted by atomic mass is 19.1. The summed E-state index contributed by atoms with van der Waals surface area (Å²) in [6, 6.07) is 3.95. The molecule has 7 heteroatoms. The number of nitrogens with zero attached hydrogens (tertiary/aromatic N) is 2. The third kappa shape index (κ3) is 3.25. The Balaban J connectivity index is 2.42. The molecule has 1 aromatic heterocycles. The second-order valence-electron chi connectivity index (χ2n) is 4.73. The molecule has 2 rings (SSSR count).